The number of rotatable bonds is 4. The maximum absolute atomic E-state index is 13.2. The summed E-state index contributed by atoms with van der Waals surface area (Å²) < 4.78 is 39.7. The second kappa shape index (κ2) is 9.17. The fraction of sp³-hybridized carbons (Fsp3) is 0.333. The van der Waals surface area contributed by atoms with Gasteiger partial charge in [0.2, 0.25) is 0 Å². The third-order valence-electron chi connectivity index (χ3n) is 3.31. The molecule has 2 rings (SSSR count). The third-order valence-corrected chi connectivity index (χ3v) is 3.31. The van der Waals surface area contributed by atoms with Crippen LogP contribution >= 0.6 is 0 Å². The number of allylic oxidation sites excluding steroid dienone is 4. The zero-order valence-electron chi connectivity index (χ0n) is 14.8. The Kier molecular flexibility index (Phi) is 7.57. The summed E-state index contributed by atoms with van der Waals surface area (Å²) in [6.07, 6.45) is -0.418. The molecule has 0 amide bonds. The van der Waals surface area contributed by atoms with Gasteiger partial charge in [0.25, 0.3) is 0 Å². The van der Waals surface area contributed by atoms with Crippen LogP contribution in [0.4, 0.5) is 19.0 Å². The van der Waals surface area contributed by atoms with E-state index in [0.717, 1.165) is 6.08 Å². The Balaban J connectivity index is 0.00000151. The van der Waals surface area contributed by atoms with Gasteiger partial charge in [0.1, 0.15) is 5.52 Å². The monoisotopic (exact) mass is 352 g/mol. The molecular weight excluding hydrogens is 329 g/mol. The van der Waals surface area contributed by atoms with Gasteiger partial charge in [-0.3, -0.25) is 4.98 Å². The quantitative estimate of drug-likeness (QED) is 0.607. The van der Waals surface area contributed by atoms with Gasteiger partial charge >= 0.3 is 6.18 Å². The van der Waals surface area contributed by atoms with Crippen molar-refractivity contribution in [1.29, 1.82) is 0 Å². The van der Waals surface area contributed by atoms with Crippen molar-refractivity contribution < 1.29 is 13.2 Å². The fourth-order valence-corrected chi connectivity index (χ4v) is 2.36. The number of halogens is 3. The molecule has 0 aromatic carbocycles. The average molecular weight is 352 g/mol. The molecule has 0 aliphatic carbocycles. The highest BCUT2D eigenvalue weighted by atomic mass is 19.4. The number of fused-ring (bicyclic) bond motifs is 1. The van der Waals surface area contributed by atoms with Crippen molar-refractivity contribution >= 4 is 22.3 Å². The maximum Gasteiger partial charge on any atom is 0.416 e. The van der Waals surface area contributed by atoms with Crippen LogP contribution in [0, 0.1) is 0 Å². The molecule has 0 saturated heterocycles. The average Bonchev–Trinajstić information content (AvgIpc) is 2.60. The Labute approximate surface area is 145 Å². The van der Waals surface area contributed by atoms with Gasteiger partial charge in [-0.15, -0.1) is 0 Å². The van der Waals surface area contributed by atoms with Crippen LogP contribution in [0.3, 0.4) is 0 Å². The molecule has 136 valence electrons. The van der Waals surface area contributed by atoms with E-state index in [2.05, 4.69) is 15.3 Å². The van der Waals surface area contributed by atoms with E-state index in [9.17, 15) is 13.2 Å². The van der Waals surface area contributed by atoms with Crippen LogP contribution in [0.15, 0.2) is 42.1 Å². The first-order valence-electron chi connectivity index (χ1n) is 8.02. The summed E-state index contributed by atoms with van der Waals surface area (Å²) in [6, 6.07) is 5.08. The zero-order valence-corrected chi connectivity index (χ0v) is 14.8. The Morgan fingerprint density at radius 3 is 2.44 bits per heavy atom. The van der Waals surface area contributed by atoms with Crippen LogP contribution in [0.25, 0.3) is 16.5 Å². The van der Waals surface area contributed by atoms with Crippen LogP contribution in [-0.4, -0.2) is 22.8 Å². The number of aromatic nitrogens is 2. The molecule has 7 heteroatoms. The van der Waals surface area contributed by atoms with Gasteiger partial charge in [0, 0.05) is 17.2 Å². The topological polar surface area (TPSA) is 63.8 Å². The minimum absolute atomic E-state index is 0.0193. The lowest BCUT2D eigenvalue weighted by Gasteiger charge is -2.16. The largest absolute Gasteiger partial charge is 0.416 e. The molecule has 0 fully saturated rings. The molecule has 0 unspecified atom stereocenters. The van der Waals surface area contributed by atoms with E-state index in [0.29, 0.717) is 16.7 Å². The Bertz CT molecular complexity index is 764. The lowest BCUT2D eigenvalue weighted by Crippen LogP contribution is -2.16. The molecule has 2 aromatic rings. The number of anilines is 1. The molecule has 2 heterocycles. The maximum atomic E-state index is 13.2. The molecule has 0 radical (unpaired) electrons. The van der Waals surface area contributed by atoms with Crippen molar-refractivity contribution in [2.75, 3.05) is 12.0 Å². The molecule has 0 atom stereocenters. The van der Waals surface area contributed by atoms with E-state index < -0.39 is 11.7 Å². The first-order valence-corrected chi connectivity index (χ1v) is 8.02. The molecule has 0 bridgehead atoms. The van der Waals surface area contributed by atoms with Gasteiger partial charge in [-0.25, -0.2) is 4.98 Å². The van der Waals surface area contributed by atoms with E-state index in [1.807, 2.05) is 13.8 Å². The van der Waals surface area contributed by atoms with Crippen molar-refractivity contribution in [2.45, 2.75) is 33.9 Å². The highest BCUT2D eigenvalue weighted by molar-refractivity contribution is 5.92. The first-order chi connectivity index (χ1) is 11.9. The van der Waals surface area contributed by atoms with Gasteiger partial charge in [0.15, 0.2) is 5.82 Å². The number of hydrogen-bond acceptors (Lipinski definition) is 4. The lowest BCUT2D eigenvalue weighted by atomic mass is 10.00. The van der Waals surface area contributed by atoms with Gasteiger partial charge < -0.3 is 11.1 Å². The lowest BCUT2D eigenvalue weighted by molar-refractivity contribution is -0.0872. The van der Waals surface area contributed by atoms with Gasteiger partial charge in [0.05, 0.1) is 17.9 Å². The second-order valence-corrected chi connectivity index (χ2v) is 4.71. The van der Waals surface area contributed by atoms with Crippen molar-refractivity contribution in [3.63, 3.8) is 0 Å². The van der Waals surface area contributed by atoms with Crippen LogP contribution < -0.4 is 11.1 Å². The summed E-state index contributed by atoms with van der Waals surface area (Å²) in [5, 5.41) is 3.53. The number of pyridine rings is 2. The van der Waals surface area contributed by atoms with E-state index in [-0.39, 0.29) is 17.9 Å². The normalized spacial score (nSPS) is 12.6. The first kappa shape index (κ1) is 20.6. The molecule has 2 aromatic heterocycles. The third kappa shape index (κ3) is 4.79. The zero-order chi connectivity index (χ0) is 19.0. The number of nitrogens with zero attached hydrogens (tertiary/aromatic N) is 2. The Morgan fingerprint density at radius 1 is 1.24 bits per heavy atom. The molecule has 0 aliphatic rings. The molecule has 0 aliphatic heterocycles. The van der Waals surface area contributed by atoms with Crippen LogP contribution in [0.5, 0.6) is 0 Å². The summed E-state index contributed by atoms with van der Waals surface area (Å²) in [7, 11) is 0. The predicted molar refractivity (Wildman–Crippen MR) is 97.0 cm³/mol. The van der Waals surface area contributed by atoms with Crippen molar-refractivity contribution in [3.05, 3.63) is 47.8 Å². The minimum Gasteiger partial charge on any atom is -0.356 e. The van der Waals surface area contributed by atoms with Gasteiger partial charge in [-0.1, -0.05) is 32.1 Å². The van der Waals surface area contributed by atoms with Crippen molar-refractivity contribution in [3.8, 4) is 0 Å². The number of nitrogens with two attached hydrogens (primary N) is 1. The highest BCUT2D eigenvalue weighted by Crippen LogP contribution is 2.37. The SMILES string of the molecule is C/C=C(\C(=C/C)C(F)(F)F)c1cc2cccnc2c(NCN)n1.CC. The van der Waals surface area contributed by atoms with Crippen LogP contribution in [0.2, 0.25) is 0 Å². The summed E-state index contributed by atoms with van der Waals surface area (Å²) in [6.45, 7) is 7.01. The smallest absolute Gasteiger partial charge is 0.356 e. The Morgan fingerprint density at radius 2 is 1.92 bits per heavy atom. The minimum atomic E-state index is -4.45. The number of alkyl halides is 3. The van der Waals surface area contributed by atoms with Crippen molar-refractivity contribution in [2.24, 2.45) is 5.73 Å². The van der Waals surface area contributed by atoms with E-state index in [1.54, 1.807) is 31.3 Å². The van der Waals surface area contributed by atoms with Crippen LogP contribution in [-0.2, 0) is 0 Å². The molecule has 0 spiro atoms. The molecular formula is C18H23F3N4. The second-order valence-electron chi connectivity index (χ2n) is 4.71. The van der Waals surface area contributed by atoms with Gasteiger partial charge in [-0.2, -0.15) is 13.2 Å². The predicted octanol–water partition coefficient (Wildman–Crippen LogP) is 4.90. The van der Waals surface area contributed by atoms with E-state index in [1.165, 1.54) is 13.0 Å². The van der Waals surface area contributed by atoms with Gasteiger partial charge in [-0.05, 0) is 26.0 Å². The number of hydrogen-bond donors (Lipinski definition) is 2. The Hall–Kier alpha value is -2.41. The molecule has 4 nitrogen and oxygen atoms in total. The summed E-state index contributed by atoms with van der Waals surface area (Å²) >= 11 is 0. The van der Waals surface area contributed by atoms with E-state index in [4.69, 9.17) is 5.73 Å². The molecule has 3 N–H and O–H groups in total. The molecule has 0 saturated carbocycles. The summed E-state index contributed by atoms with van der Waals surface area (Å²) in [5.41, 5.74) is 5.55. The molecule has 25 heavy (non-hydrogen) atoms. The highest BCUT2D eigenvalue weighted by Gasteiger charge is 2.36. The number of nitrogens with one attached hydrogen (secondary N) is 1. The standard InChI is InChI=1S/C16H17F3N4.C2H6/c1-3-11(12(4-2)16(17,18)19)13-8-10-6-5-7-21-14(10)15(23-13)22-9-20;1-2/h3-8H,9,20H2,1-2H3,(H,22,23);1-2H3/b11-3+,12-4+;. The fourth-order valence-electron chi connectivity index (χ4n) is 2.36. The van der Waals surface area contributed by atoms with Crippen LogP contribution in [0.1, 0.15) is 33.4 Å². The van der Waals surface area contributed by atoms with Crippen molar-refractivity contribution in [1.82, 2.24) is 9.97 Å². The van der Waals surface area contributed by atoms with E-state index >= 15 is 0 Å². The summed E-state index contributed by atoms with van der Waals surface area (Å²) in [4.78, 5) is 8.48. The summed E-state index contributed by atoms with van der Waals surface area (Å²) in [5.74, 6) is 0.359.